The Morgan fingerprint density at radius 1 is 1.29 bits per heavy atom. The van der Waals surface area contributed by atoms with E-state index in [0.717, 1.165) is 5.69 Å². The van der Waals surface area contributed by atoms with E-state index in [1.54, 1.807) is 43.7 Å². The molecular formula is C15H11ClN2O2S. The van der Waals surface area contributed by atoms with E-state index in [1.165, 1.54) is 16.7 Å². The number of benzene rings is 1. The SMILES string of the molecule is CN1C(=O)/C(=C\c2ccco2)SC1=Nc1ccc(Cl)cc1. The highest BCUT2D eigenvalue weighted by Crippen LogP contribution is 2.33. The topological polar surface area (TPSA) is 45.8 Å². The second kappa shape index (κ2) is 5.79. The average molecular weight is 319 g/mol. The van der Waals surface area contributed by atoms with Crippen LogP contribution in [0.4, 0.5) is 5.69 Å². The van der Waals surface area contributed by atoms with Crippen molar-refractivity contribution in [2.45, 2.75) is 0 Å². The molecule has 106 valence electrons. The van der Waals surface area contributed by atoms with Crippen molar-refractivity contribution in [3.63, 3.8) is 0 Å². The molecule has 0 radical (unpaired) electrons. The van der Waals surface area contributed by atoms with Crippen molar-refractivity contribution in [3.8, 4) is 0 Å². The molecule has 0 saturated carbocycles. The standard InChI is InChI=1S/C15H11ClN2O2S/c1-18-14(19)13(9-12-3-2-8-20-12)21-15(18)17-11-6-4-10(16)5-7-11/h2-9H,1H3/b13-9+,17-15?. The van der Waals surface area contributed by atoms with Crippen LogP contribution >= 0.6 is 23.4 Å². The van der Waals surface area contributed by atoms with Gasteiger partial charge in [0.1, 0.15) is 5.76 Å². The van der Waals surface area contributed by atoms with Gasteiger partial charge >= 0.3 is 0 Å². The number of carbonyl (C=O) groups is 1. The molecule has 0 spiro atoms. The number of aliphatic imine (C=N–C) groups is 1. The monoisotopic (exact) mass is 318 g/mol. The van der Waals surface area contributed by atoms with E-state index in [9.17, 15) is 4.79 Å². The van der Waals surface area contributed by atoms with Gasteiger partial charge < -0.3 is 4.42 Å². The molecule has 1 fully saturated rings. The number of rotatable bonds is 2. The highest BCUT2D eigenvalue weighted by Gasteiger charge is 2.30. The molecule has 6 heteroatoms. The summed E-state index contributed by atoms with van der Waals surface area (Å²) < 4.78 is 5.23. The van der Waals surface area contributed by atoms with Crippen LogP contribution in [0.3, 0.4) is 0 Å². The van der Waals surface area contributed by atoms with E-state index in [1.807, 2.05) is 12.1 Å². The Morgan fingerprint density at radius 2 is 2.05 bits per heavy atom. The number of hydrogen-bond donors (Lipinski definition) is 0. The van der Waals surface area contributed by atoms with Crippen LogP contribution in [0.1, 0.15) is 5.76 Å². The Balaban J connectivity index is 1.88. The predicted octanol–water partition coefficient (Wildman–Crippen LogP) is 4.17. The van der Waals surface area contributed by atoms with E-state index in [0.29, 0.717) is 20.9 Å². The molecule has 1 aromatic carbocycles. The van der Waals surface area contributed by atoms with Crippen LogP contribution < -0.4 is 0 Å². The molecule has 0 atom stereocenters. The van der Waals surface area contributed by atoms with Gasteiger partial charge in [-0.2, -0.15) is 0 Å². The molecule has 2 aromatic rings. The first kappa shape index (κ1) is 14.0. The van der Waals surface area contributed by atoms with Gasteiger partial charge in [0.2, 0.25) is 0 Å². The molecule has 3 rings (SSSR count). The highest BCUT2D eigenvalue weighted by molar-refractivity contribution is 8.18. The van der Waals surface area contributed by atoms with Crippen LogP contribution in [0.25, 0.3) is 6.08 Å². The number of carbonyl (C=O) groups excluding carboxylic acids is 1. The van der Waals surface area contributed by atoms with Crippen molar-refractivity contribution in [1.29, 1.82) is 0 Å². The van der Waals surface area contributed by atoms with E-state index < -0.39 is 0 Å². The Bertz CT molecular complexity index is 721. The lowest BCUT2D eigenvalue weighted by atomic mass is 10.3. The van der Waals surface area contributed by atoms with Crippen molar-refractivity contribution >= 4 is 46.2 Å². The Labute approximate surface area is 131 Å². The predicted molar refractivity (Wildman–Crippen MR) is 85.6 cm³/mol. The summed E-state index contributed by atoms with van der Waals surface area (Å²) in [5.74, 6) is 0.552. The fourth-order valence-corrected chi connectivity index (χ4v) is 2.87. The minimum Gasteiger partial charge on any atom is -0.465 e. The zero-order chi connectivity index (χ0) is 14.8. The first-order valence-electron chi connectivity index (χ1n) is 6.19. The van der Waals surface area contributed by atoms with E-state index in [-0.39, 0.29) is 5.91 Å². The number of halogens is 1. The summed E-state index contributed by atoms with van der Waals surface area (Å²) in [5.41, 5.74) is 0.751. The Hall–Kier alpha value is -1.98. The molecular weight excluding hydrogens is 308 g/mol. The summed E-state index contributed by atoms with van der Waals surface area (Å²) in [7, 11) is 1.70. The fourth-order valence-electron chi connectivity index (χ4n) is 1.78. The molecule has 0 bridgehead atoms. The summed E-state index contributed by atoms with van der Waals surface area (Å²) in [6, 6.07) is 10.7. The second-order valence-corrected chi connectivity index (χ2v) is 5.81. The van der Waals surface area contributed by atoms with E-state index >= 15 is 0 Å². The number of furan rings is 1. The van der Waals surface area contributed by atoms with Gasteiger partial charge in [0.25, 0.3) is 5.91 Å². The molecule has 21 heavy (non-hydrogen) atoms. The number of amides is 1. The number of amidine groups is 1. The van der Waals surface area contributed by atoms with Crippen molar-refractivity contribution in [3.05, 3.63) is 58.3 Å². The molecule has 1 amide bonds. The largest absolute Gasteiger partial charge is 0.465 e. The molecule has 1 aliphatic heterocycles. The van der Waals surface area contributed by atoms with Crippen LogP contribution in [-0.4, -0.2) is 23.0 Å². The van der Waals surface area contributed by atoms with Crippen molar-refractivity contribution in [2.75, 3.05) is 7.05 Å². The van der Waals surface area contributed by atoms with Gasteiger partial charge in [-0.1, -0.05) is 11.6 Å². The maximum atomic E-state index is 12.2. The Kier molecular flexibility index (Phi) is 3.86. The normalized spacial score (nSPS) is 19.0. The maximum absolute atomic E-state index is 12.2. The summed E-state index contributed by atoms with van der Waals surface area (Å²) in [4.78, 5) is 18.7. The Morgan fingerprint density at radius 3 is 2.71 bits per heavy atom. The number of likely N-dealkylation sites (N-methyl/N-ethyl adjacent to an activating group) is 1. The number of hydrogen-bond acceptors (Lipinski definition) is 4. The van der Waals surface area contributed by atoms with Gasteiger partial charge in [0.05, 0.1) is 16.9 Å². The highest BCUT2D eigenvalue weighted by atomic mass is 35.5. The first-order valence-corrected chi connectivity index (χ1v) is 7.38. The third kappa shape index (κ3) is 3.04. The van der Waals surface area contributed by atoms with Gasteiger partial charge in [-0.05, 0) is 48.2 Å². The third-order valence-electron chi connectivity index (χ3n) is 2.87. The van der Waals surface area contributed by atoms with Gasteiger partial charge in [0, 0.05) is 18.1 Å². The molecule has 0 aliphatic carbocycles. The fraction of sp³-hybridized carbons (Fsp3) is 0.0667. The van der Waals surface area contributed by atoms with Gasteiger partial charge in [-0.3, -0.25) is 9.69 Å². The molecule has 1 aliphatic rings. The van der Waals surface area contributed by atoms with Crippen LogP contribution in [-0.2, 0) is 4.79 Å². The zero-order valence-electron chi connectivity index (χ0n) is 11.1. The van der Waals surface area contributed by atoms with Gasteiger partial charge in [-0.25, -0.2) is 4.99 Å². The first-order chi connectivity index (χ1) is 10.1. The minimum atomic E-state index is -0.0934. The molecule has 0 N–H and O–H groups in total. The number of thioether (sulfide) groups is 1. The molecule has 4 nitrogen and oxygen atoms in total. The van der Waals surface area contributed by atoms with Crippen LogP contribution in [0.15, 0.2) is 57.0 Å². The minimum absolute atomic E-state index is 0.0934. The third-order valence-corrected chi connectivity index (χ3v) is 4.18. The quantitative estimate of drug-likeness (QED) is 0.781. The smallest absolute Gasteiger partial charge is 0.266 e. The lowest BCUT2D eigenvalue weighted by molar-refractivity contribution is -0.121. The lowest BCUT2D eigenvalue weighted by Crippen LogP contribution is -2.23. The average Bonchev–Trinajstić information content (AvgIpc) is 3.07. The summed E-state index contributed by atoms with van der Waals surface area (Å²) in [5, 5.41) is 1.28. The molecule has 1 saturated heterocycles. The summed E-state index contributed by atoms with van der Waals surface area (Å²) in [6.07, 6.45) is 3.29. The number of nitrogens with zero attached hydrogens (tertiary/aromatic N) is 2. The molecule has 2 heterocycles. The van der Waals surface area contributed by atoms with Crippen molar-refractivity contribution in [1.82, 2.24) is 4.90 Å². The van der Waals surface area contributed by atoms with Gasteiger partial charge in [-0.15, -0.1) is 0 Å². The van der Waals surface area contributed by atoms with E-state index in [4.69, 9.17) is 16.0 Å². The second-order valence-electron chi connectivity index (χ2n) is 4.36. The summed E-state index contributed by atoms with van der Waals surface area (Å²) in [6.45, 7) is 0. The van der Waals surface area contributed by atoms with Crippen LogP contribution in [0, 0.1) is 0 Å². The van der Waals surface area contributed by atoms with Crippen LogP contribution in [0.5, 0.6) is 0 Å². The van der Waals surface area contributed by atoms with E-state index in [2.05, 4.69) is 4.99 Å². The molecule has 0 unspecified atom stereocenters. The maximum Gasteiger partial charge on any atom is 0.266 e. The summed E-state index contributed by atoms with van der Waals surface area (Å²) >= 11 is 7.16. The van der Waals surface area contributed by atoms with Gasteiger partial charge in [0.15, 0.2) is 5.17 Å². The zero-order valence-corrected chi connectivity index (χ0v) is 12.7. The van der Waals surface area contributed by atoms with Crippen molar-refractivity contribution < 1.29 is 9.21 Å². The lowest BCUT2D eigenvalue weighted by Gasteiger charge is -2.06. The van der Waals surface area contributed by atoms with Crippen LogP contribution in [0.2, 0.25) is 5.02 Å². The van der Waals surface area contributed by atoms with Crippen molar-refractivity contribution in [2.24, 2.45) is 4.99 Å². The molecule has 1 aromatic heterocycles.